The van der Waals surface area contributed by atoms with Crippen molar-refractivity contribution in [3.8, 4) is 0 Å². The number of hydrogen-bond donors (Lipinski definition) is 1. The van der Waals surface area contributed by atoms with Crippen LogP contribution in [-0.4, -0.2) is 35.1 Å². The van der Waals surface area contributed by atoms with Gasteiger partial charge >= 0.3 is 0 Å². The van der Waals surface area contributed by atoms with Gasteiger partial charge in [0.1, 0.15) is 13.4 Å². The third-order valence-electron chi connectivity index (χ3n) is 3.10. The van der Waals surface area contributed by atoms with Crippen LogP contribution in [-0.2, 0) is 4.74 Å². The fraction of sp³-hybridized carbons (Fsp3) is 1.00. The van der Waals surface area contributed by atoms with Crippen LogP contribution in [0.15, 0.2) is 0 Å². The highest BCUT2D eigenvalue weighted by Gasteiger charge is 2.56. The van der Waals surface area contributed by atoms with Crippen LogP contribution in [0.2, 0.25) is 0 Å². The molecule has 1 aliphatic heterocycles. The van der Waals surface area contributed by atoms with Crippen LogP contribution in [0.1, 0.15) is 12.8 Å². The van der Waals surface area contributed by atoms with E-state index in [1.165, 1.54) is 0 Å². The fourth-order valence-corrected chi connectivity index (χ4v) is 3.37. The van der Waals surface area contributed by atoms with Crippen molar-refractivity contribution in [3.05, 3.63) is 0 Å². The van der Waals surface area contributed by atoms with Gasteiger partial charge in [0.2, 0.25) is 0 Å². The van der Waals surface area contributed by atoms with Gasteiger partial charge in [-0.3, -0.25) is 0 Å². The Labute approximate surface area is 81.2 Å². The topological polar surface area (TPSA) is 29.5 Å². The number of alkyl halides is 1. The van der Waals surface area contributed by atoms with Gasteiger partial charge in [0.25, 0.3) is 0 Å². The summed E-state index contributed by atoms with van der Waals surface area (Å²) in [6.07, 6.45) is 1.99. The number of hydrogen-bond acceptors (Lipinski definition) is 2. The fourth-order valence-electron chi connectivity index (χ4n) is 2.36. The molecule has 4 heteroatoms. The zero-order valence-electron chi connectivity index (χ0n) is 6.59. The van der Waals surface area contributed by atoms with E-state index in [9.17, 15) is 5.11 Å². The van der Waals surface area contributed by atoms with Crippen LogP contribution in [0.3, 0.4) is 0 Å². The number of ether oxygens (including phenoxy) is 1. The summed E-state index contributed by atoms with van der Waals surface area (Å²) in [6, 6.07) is 0.272. The van der Waals surface area contributed by atoms with E-state index < -0.39 is 0 Å². The third-order valence-corrected chi connectivity index (χ3v) is 4.39. The maximum Gasteiger partial charge on any atom is 0.139 e. The molecule has 0 aromatic rings. The second-order valence-corrected chi connectivity index (χ2v) is 4.43. The summed E-state index contributed by atoms with van der Waals surface area (Å²) in [7, 11) is 2.07. The molecule has 11 heavy (non-hydrogen) atoms. The van der Waals surface area contributed by atoms with E-state index in [0.29, 0.717) is 5.92 Å². The van der Waals surface area contributed by atoms with Gasteiger partial charge in [0.15, 0.2) is 0 Å². The standard InChI is InChI=1S/C7H12BIO2/c8-6-4-1-2-7(3-9,11-6)5(4)10/h4-6,10H,1-3,8H2/t4?,5?,6-,7-/m1/s1. The third kappa shape index (κ3) is 0.987. The number of aliphatic hydroxyl groups is 1. The molecule has 2 aliphatic rings. The Morgan fingerprint density at radius 1 is 1.73 bits per heavy atom. The number of halogens is 1. The van der Waals surface area contributed by atoms with E-state index in [4.69, 9.17) is 4.74 Å². The zero-order chi connectivity index (χ0) is 8.06. The van der Waals surface area contributed by atoms with E-state index in [-0.39, 0.29) is 17.7 Å². The molecule has 62 valence electrons. The van der Waals surface area contributed by atoms with Crippen molar-refractivity contribution in [2.45, 2.75) is 30.5 Å². The summed E-state index contributed by atoms with van der Waals surface area (Å²) in [5, 5.41) is 9.82. The Hall–Kier alpha value is 0.715. The number of rotatable bonds is 1. The molecular weight excluding hydrogens is 254 g/mol. The van der Waals surface area contributed by atoms with Gasteiger partial charge in [0.05, 0.1) is 6.10 Å². The lowest BCUT2D eigenvalue weighted by atomic mass is 9.86. The van der Waals surface area contributed by atoms with Crippen LogP contribution in [0, 0.1) is 5.92 Å². The average Bonchev–Trinajstić information content (AvgIpc) is 2.42. The van der Waals surface area contributed by atoms with Gasteiger partial charge in [-0.05, 0) is 12.8 Å². The monoisotopic (exact) mass is 266 g/mol. The Morgan fingerprint density at radius 2 is 2.45 bits per heavy atom. The van der Waals surface area contributed by atoms with Crippen molar-refractivity contribution in [2.75, 3.05) is 4.43 Å². The minimum absolute atomic E-state index is 0.176. The van der Waals surface area contributed by atoms with E-state index in [1.807, 2.05) is 0 Å². The number of aliphatic hydroxyl groups excluding tert-OH is 1. The molecular formula is C7H12BIO2. The molecule has 0 amide bonds. The summed E-state index contributed by atoms with van der Waals surface area (Å²) < 4.78 is 6.68. The summed E-state index contributed by atoms with van der Waals surface area (Å²) in [6.45, 7) is 0. The molecule has 2 nitrogen and oxygen atoms in total. The first-order valence-electron chi connectivity index (χ1n) is 4.11. The average molecular weight is 266 g/mol. The molecule has 0 radical (unpaired) electrons. The van der Waals surface area contributed by atoms with E-state index in [0.717, 1.165) is 17.3 Å². The van der Waals surface area contributed by atoms with Crippen molar-refractivity contribution >= 4 is 30.4 Å². The maximum absolute atomic E-state index is 9.82. The summed E-state index contributed by atoms with van der Waals surface area (Å²) >= 11 is 2.31. The highest BCUT2D eigenvalue weighted by atomic mass is 127. The molecule has 2 bridgehead atoms. The lowest BCUT2D eigenvalue weighted by Gasteiger charge is -2.28. The Bertz CT molecular complexity index is 178. The first kappa shape index (κ1) is 8.32. The predicted octanol–water partition coefficient (Wildman–Crippen LogP) is -0.0795. The van der Waals surface area contributed by atoms with Crippen molar-refractivity contribution in [3.63, 3.8) is 0 Å². The SMILES string of the molecule is B[C@@H]1O[C@@]2(CI)CCC1C2O. The van der Waals surface area contributed by atoms with Gasteiger partial charge in [0, 0.05) is 16.3 Å². The molecule has 1 N–H and O–H groups in total. The first-order valence-corrected chi connectivity index (χ1v) is 5.64. The Morgan fingerprint density at radius 3 is 2.73 bits per heavy atom. The molecule has 1 aliphatic carbocycles. The molecule has 2 fully saturated rings. The Kier molecular flexibility index (Phi) is 1.97. The zero-order valence-corrected chi connectivity index (χ0v) is 8.74. The van der Waals surface area contributed by atoms with Crippen molar-refractivity contribution in [2.24, 2.45) is 5.92 Å². The van der Waals surface area contributed by atoms with Gasteiger partial charge in [-0.2, -0.15) is 0 Å². The van der Waals surface area contributed by atoms with Crippen LogP contribution >= 0.6 is 22.6 Å². The van der Waals surface area contributed by atoms with Gasteiger partial charge in [-0.15, -0.1) is 0 Å². The van der Waals surface area contributed by atoms with Crippen molar-refractivity contribution < 1.29 is 9.84 Å². The molecule has 1 heterocycles. The normalized spacial score (nSPS) is 55.3. The van der Waals surface area contributed by atoms with Gasteiger partial charge in [-0.1, -0.05) is 22.6 Å². The second kappa shape index (κ2) is 2.60. The molecule has 2 rings (SSSR count). The van der Waals surface area contributed by atoms with Crippen LogP contribution in [0.25, 0.3) is 0 Å². The van der Waals surface area contributed by atoms with Crippen LogP contribution in [0.5, 0.6) is 0 Å². The Balaban J connectivity index is 2.24. The second-order valence-electron chi connectivity index (χ2n) is 3.67. The molecule has 1 saturated carbocycles. The molecule has 0 aromatic carbocycles. The molecule has 4 atom stereocenters. The summed E-state index contributed by atoms with van der Waals surface area (Å²) in [4.78, 5) is 0. The van der Waals surface area contributed by atoms with E-state index in [2.05, 4.69) is 30.4 Å². The molecule has 0 spiro atoms. The minimum Gasteiger partial charge on any atom is -0.390 e. The van der Waals surface area contributed by atoms with E-state index >= 15 is 0 Å². The molecule has 1 saturated heterocycles. The largest absolute Gasteiger partial charge is 0.390 e. The van der Waals surface area contributed by atoms with Crippen LogP contribution < -0.4 is 0 Å². The summed E-state index contributed by atoms with van der Waals surface area (Å²) in [5.74, 6) is 0.407. The van der Waals surface area contributed by atoms with Crippen molar-refractivity contribution in [1.29, 1.82) is 0 Å². The first-order chi connectivity index (χ1) is 5.19. The quantitative estimate of drug-likeness (QED) is 0.408. The lowest BCUT2D eigenvalue weighted by molar-refractivity contribution is -0.0483. The van der Waals surface area contributed by atoms with Crippen molar-refractivity contribution in [1.82, 2.24) is 0 Å². The summed E-state index contributed by atoms with van der Waals surface area (Å²) in [5.41, 5.74) is -0.176. The minimum atomic E-state index is -0.200. The highest BCUT2D eigenvalue weighted by Crippen LogP contribution is 2.48. The lowest BCUT2D eigenvalue weighted by Crippen LogP contribution is -2.38. The number of fused-ring (bicyclic) bond motifs is 2. The maximum atomic E-state index is 9.82. The van der Waals surface area contributed by atoms with E-state index in [1.54, 1.807) is 0 Å². The van der Waals surface area contributed by atoms with Gasteiger partial charge < -0.3 is 9.84 Å². The molecule has 0 aromatic heterocycles. The molecule has 2 unspecified atom stereocenters. The smallest absolute Gasteiger partial charge is 0.139 e. The van der Waals surface area contributed by atoms with Crippen LogP contribution in [0.4, 0.5) is 0 Å². The highest BCUT2D eigenvalue weighted by molar-refractivity contribution is 14.1. The predicted molar refractivity (Wildman–Crippen MR) is 53.8 cm³/mol. The van der Waals surface area contributed by atoms with Gasteiger partial charge in [-0.25, -0.2) is 0 Å².